The van der Waals surface area contributed by atoms with Gasteiger partial charge >= 0.3 is 0 Å². The Hall–Kier alpha value is -3.17. The molecule has 3 rings (SSSR count). The Balaban J connectivity index is 1.56. The third kappa shape index (κ3) is 5.01. The topological polar surface area (TPSA) is 68.2 Å². The fourth-order valence-electron chi connectivity index (χ4n) is 3.04. The zero-order valence-electron chi connectivity index (χ0n) is 16.9. The number of nitrogens with zero attached hydrogens (tertiary/aromatic N) is 2. The maximum absolute atomic E-state index is 13.6. The molecule has 0 radical (unpaired) electrons. The smallest absolute Gasteiger partial charge is 0.250 e. The molecule has 6 heteroatoms. The van der Waals surface area contributed by atoms with Crippen LogP contribution in [0.5, 0.6) is 0 Å². The van der Waals surface area contributed by atoms with E-state index in [2.05, 4.69) is 16.8 Å². The van der Waals surface area contributed by atoms with E-state index in [9.17, 15) is 14.4 Å². The molecule has 2 aromatic rings. The molecule has 1 heterocycles. The molecule has 29 heavy (non-hydrogen) atoms. The van der Waals surface area contributed by atoms with E-state index in [1.807, 2.05) is 49.2 Å². The van der Waals surface area contributed by atoms with Gasteiger partial charge in [0.15, 0.2) is 0 Å². The minimum Gasteiger partial charge on any atom is -0.348 e. The van der Waals surface area contributed by atoms with Crippen LogP contribution >= 0.6 is 0 Å². The molecule has 2 N–H and O–H groups in total. The standard InChI is InChI=1S/C23H25FN4O/c1-16-4-5-18(10-21(16)24)11-26-22(29)19-12-27-28(14-19)13-17-6-8-20(9-7-17)23(2,3)15-25/h4-10,14,27H,11-13H2,1-3H3,(H,26,29). The van der Waals surface area contributed by atoms with Crippen LogP contribution < -0.4 is 10.7 Å². The number of carbonyl (C=O) groups excluding carboxylic acids is 1. The van der Waals surface area contributed by atoms with E-state index in [1.165, 1.54) is 6.07 Å². The Morgan fingerprint density at radius 2 is 1.93 bits per heavy atom. The molecule has 0 atom stereocenters. The highest BCUT2D eigenvalue weighted by Gasteiger charge is 2.20. The number of hydrogen-bond acceptors (Lipinski definition) is 4. The Morgan fingerprint density at radius 1 is 1.24 bits per heavy atom. The number of nitriles is 1. The lowest BCUT2D eigenvalue weighted by atomic mass is 9.86. The number of nitrogens with one attached hydrogen (secondary N) is 2. The number of benzene rings is 2. The highest BCUT2D eigenvalue weighted by Crippen LogP contribution is 2.22. The van der Waals surface area contributed by atoms with Gasteiger partial charge in [-0.2, -0.15) is 5.26 Å². The lowest BCUT2D eigenvalue weighted by Gasteiger charge is -2.18. The van der Waals surface area contributed by atoms with E-state index < -0.39 is 5.41 Å². The van der Waals surface area contributed by atoms with E-state index in [0.717, 1.165) is 16.7 Å². The molecule has 0 saturated carbocycles. The van der Waals surface area contributed by atoms with Crippen molar-refractivity contribution < 1.29 is 9.18 Å². The third-order valence-corrected chi connectivity index (χ3v) is 5.07. The molecule has 1 aliphatic heterocycles. The number of amides is 1. The van der Waals surface area contributed by atoms with E-state index >= 15 is 0 Å². The number of halogens is 1. The average molecular weight is 392 g/mol. The molecular formula is C23H25FN4O. The average Bonchev–Trinajstić information content (AvgIpc) is 3.17. The lowest BCUT2D eigenvalue weighted by molar-refractivity contribution is -0.117. The van der Waals surface area contributed by atoms with Gasteiger partial charge in [0.2, 0.25) is 5.91 Å². The monoisotopic (exact) mass is 392 g/mol. The van der Waals surface area contributed by atoms with Crippen LogP contribution in [0.4, 0.5) is 4.39 Å². The molecule has 0 spiro atoms. The first-order valence-corrected chi connectivity index (χ1v) is 9.53. The first kappa shape index (κ1) is 20.6. The van der Waals surface area contributed by atoms with Crippen molar-refractivity contribution in [1.29, 1.82) is 5.26 Å². The molecule has 1 aliphatic rings. The van der Waals surface area contributed by atoms with Crippen molar-refractivity contribution >= 4 is 5.91 Å². The van der Waals surface area contributed by atoms with Gasteiger partial charge in [-0.15, -0.1) is 0 Å². The quantitative estimate of drug-likeness (QED) is 0.790. The number of hydrogen-bond donors (Lipinski definition) is 2. The van der Waals surface area contributed by atoms with E-state index in [0.29, 0.717) is 24.2 Å². The van der Waals surface area contributed by atoms with Gasteiger partial charge in [0.05, 0.1) is 18.0 Å². The highest BCUT2D eigenvalue weighted by molar-refractivity contribution is 5.94. The van der Waals surface area contributed by atoms with Gasteiger partial charge in [-0.05, 0) is 49.1 Å². The second kappa shape index (κ2) is 8.46. The maximum Gasteiger partial charge on any atom is 0.250 e. The van der Waals surface area contributed by atoms with Gasteiger partial charge in [0, 0.05) is 24.9 Å². The predicted molar refractivity (Wildman–Crippen MR) is 110 cm³/mol. The van der Waals surface area contributed by atoms with Crippen LogP contribution in [0.25, 0.3) is 0 Å². The van der Waals surface area contributed by atoms with Crippen molar-refractivity contribution in [3.63, 3.8) is 0 Å². The van der Waals surface area contributed by atoms with Gasteiger partial charge in [-0.3, -0.25) is 4.79 Å². The van der Waals surface area contributed by atoms with Gasteiger partial charge in [-0.25, -0.2) is 9.82 Å². The summed E-state index contributed by atoms with van der Waals surface area (Å²) in [6, 6.07) is 15.2. The van der Waals surface area contributed by atoms with Crippen LogP contribution in [0.15, 0.2) is 54.2 Å². The molecule has 0 aromatic heterocycles. The number of aryl methyl sites for hydroxylation is 1. The van der Waals surface area contributed by atoms with Crippen molar-refractivity contribution in [3.05, 3.63) is 82.3 Å². The van der Waals surface area contributed by atoms with Crippen LogP contribution in [0.2, 0.25) is 0 Å². The number of hydrazine groups is 1. The van der Waals surface area contributed by atoms with Crippen molar-refractivity contribution in [3.8, 4) is 6.07 Å². The summed E-state index contributed by atoms with van der Waals surface area (Å²) in [5.74, 6) is -0.444. The third-order valence-electron chi connectivity index (χ3n) is 5.07. The van der Waals surface area contributed by atoms with Gasteiger partial charge in [-0.1, -0.05) is 36.4 Å². The molecule has 0 unspecified atom stereocenters. The fourth-order valence-corrected chi connectivity index (χ4v) is 3.04. The Morgan fingerprint density at radius 3 is 2.59 bits per heavy atom. The van der Waals surface area contributed by atoms with Crippen LogP contribution in [-0.2, 0) is 23.3 Å². The molecule has 150 valence electrons. The first-order chi connectivity index (χ1) is 13.8. The first-order valence-electron chi connectivity index (χ1n) is 9.53. The van der Waals surface area contributed by atoms with Crippen LogP contribution in [0.1, 0.15) is 36.1 Å². The molecule has 0 bridgehead atoms. The summed E-state index contributed by atoms with van der Waals surface area (Å²) in [5.41, 5.74) is 6.64. The predicted octanol–water partition coefficient (Wildman–Crippen LogP) is 3.46. The summed E-state index contributed by atoms with van der Waals surface area (Å²) in [6.45, 7) is 6.81. The second-order valence-electron chi connectivity index (χ2n) is 7.82. The maximum atomic E-state index is 13.6. The SMILES string of the molecule is Cc1ccc(CNC(=O)C2=CN(Cc3ccc(C(C)(C)C#N)cc3)NC2)cc1F. The summed E-state index contributed by atoms with van der Waals surface area (Å²) in [6.07, 6.45) is 1.79. The molecule has 2 aromatic carbocycles. The molecule has 0 aliphatic carbocycles. The number of rotatable bonds is 6. The summed E-state index contributed by atoms with van der Waals surface area (Å²) < 4.78 is 13.6. The fraction of sp³-hybridized carbons (Fsp3) is 0.304. The Kier molecular flexibility index (Phi) is 6.00. The minimum absolute atomic E-state index is 0.174. The summed E-state index contributed by atoms with van der Waals surface area (Å²) in [7, 11) is 0. The summed E-state index contributed by atoms with van der Waals surface area (Å²) >= 11 is 0. The lowest BCUT2D eigenvalue weighted by Crippen LogP contribution is -2.30. The summed E-state index contributed by atoms with van der Waals surface area (Å²) in [4.78, 5) is 12.4. The van der Waals surface area contributed by atoms with E-state index in [1.54, 1.807) is 19.2 Å². The largest absolute Gasteiger partial charge is 0.348 e. The zero-order chi connectivity index (χ0) is 21.0. The van der Waals surface area contributed by atoms with E-state index in [-0.39, 0.29) is 18.3 Å². The molecule has 0 fully saturated rings. The van der Waals surface area contributed by atoms with Gasteiger partial charge in [0.1, 0.15) is 5.82 Å². The Bertz CT molecular complexity index is 973. The van der Waals surface area contributed by atoms with Crippen molar-refractivity contribution in [2.45, 2.75) is 39.3 Å². The van der Waals surface area contributed by atoms with Gasteiger partial charge < -0.3 is 10.3 Å². The summed E-state index contributed by atoms with van der Waals surface area (Å²) in [5, 5.41) is 13.9. The van der Waals surface area contributed by atoms with Crippen LogP contribution in [0, 0.1) is 24.1 Å². The molecule has 5 nitrogen and oxygen atoms in total. The minimum atomic E-state index is -0.518. The van der Waals surface area contributed by atoms with Crippen molar-refractivity contribution in [1.82, 2.24) is 15.8 Å². The highest BCUT2D eigenvalue weighted by atomic mass is 19.1. The van der Waals surface area contributed by atoms with Crippen LogP contribution in [-0.4, -0.2) is 17.5 Å². The second-order valence-corrected chi connectivity index (χ2v) is 7.82. The van der Waals surface area contributed by atoms with Crippen molar-refractivity contribution in [2.75, 3.05) is 6.54 Å². The molecule has 1 amide bonds. The van der Waals surface area contributed by atoms with Crippen LogP contribution in [0.3, 0.4) is 0 Å². The van der Waals surface area contributed by atoms with Crippen molar-refractivity contribution in [2.24, 2.45) is 0 Å². The Labute approximate surface area is 170 Å². The number of carbonyl (C=O) groups is 1. The molecular weight excluding hydrogens is 367 g/mol. The van der Waals surface area contributed by atoms with Gasteiger partial charge in [0.25, 0.3) is 0 Å². The molecule has 0 saturated heterocycles. The normalized spacial score (nSPS) is 13.8. The van der Waals surface area contributed by atoms with E-state index in [4.69, 9.17) is 0 Å². The zero-order valence-corrected chi connectivity index (χ0v) is 16.9.